The van der Waals surface area contributed by atoms with E-state index in [9.17, 15) is 13.6 Å². The number of halogens is 3. The van der Waals surface area contributed by atoms with Crippen molar-refractivity contribution >= 4 is 22.0 Å². The summed E-state index contributed by atoms with van der Waals surface area (Å²) in [5.41, 5.74) is 0.566. The van der Waals surface area contributed by atoms with Crippen LogP contribution < -0.4 is 0 Å². The zero-order valence-electron chi connectivity index (χ0n) is 11.7. The van der Waals surface area contributed by atoms with Crippen molar-refractivity contribution in [2.45, 2.75) is 25.4 Å². The second kappa shape index (κ2) is 6.70. The average Bonchev–Trinajstić information content (AvgIpc) is 2.44. The number of piperidine rings is 1. The lowest BCUT2D eigenvalue weighted by Gasteiger charge is -2.35. The molecule has 1 amide bonds. The molecule has 0 radical (unpaired) electrons. The first-order chi connectivity index (χ1) is 9.88. The van der Waals surface area contributed by atoms with Crippen molar-refractivity contribution in [1.29, 1.82) is 0 Å². The van der Waals surface area contributed by atoms with Gasteiger partial charge in [-0.25, -0.2) is 13.6 Å². The van der Waals surface area contributed by atoms with E-state index in [2.05, 4.69) is 15.9 Å². The summed E-state index contributed by atoms with van der Waals surface area (Å²) in [5, 5.41) is 8.91. The molecule has 1 saturated heterocycles. The molecule has 0 aliphatic carbocycles. The second-order valence-electron chi connectivity index (χ2n) is 5.29. The number of likely N-dealkylation sites (tertiary alicyclic amines) is 1. The van der Waals surface area contributed by atoms with Crippen LogP contribution in [0.15, 0.2) is 16.6 Å². The molecule has 0 atom stereocenters. The summed E-state index contributed by atoms with van der Waals surface area (Å²) >= 11 is 2.85. The zero-order valence-corrected chi connectivity index (χ0v) is 13.2. The lowest BCUT2D eigenvalue weighted by Crippen LogP contribution is -2.44. The molecule has 1 aromatic carbocycles. The molecule has 1 aromatic rings. The van der Waals surface area contributed by atoms with Gasteiger partial charge in [0.15, 0.2) is 0 Å². The average molecular weight is 363 g/mol. The fourth-order valence-corrected chi connectivity index (χ4v) is 2.84. The van der Waals surface area contributed by atoms with Crippen LogP contribution in [0.5, 0.6) is 0 Å². The van der Waals surface area contributed by atoms with Gasteiger partial charge in [0.2, 0.25) is 0 Å². The first kappa shape index (κ1) is 16.2. The largest absolute Gasteiger partial charge is 0.465 e. The van der Waals surface area contributed by atoms with Gasteiger partial charge in [0, 0.05) is 25.7 Å². The minimum absolute atomic E-state index is 0.149. The van der Waals surface area contributed by atoms with Crippen LogP contribution in [0, 0.1) is 11.6 Å². The Morgan fingerprint density at radius 1 is 1.38 bits per heavy atom. The second-order valence-corrected chi connectivity index (χ2v) is 6.08. The molecule has 2 rings (SSSR count). The maximum absolute atomic E-state index is 13.5. The maximum atomic E-state index is 13.5. The van der Waals surface area contributed by atoms with E-state index in [1.807, 2.05) is 11.9 Å². The molecular weight excluding hydrogens is 346 g/mol. The molecule has 1 aliphatic rings. The van der Waals surface area contributed by atoms with Crippen molar-refractivity contribution in [2.75, 3.05) is 20.1 Å². The van der Waals surface area contributed by atoms with Gasteiger partial charge in [-0.1, -0.05) is 0 Å². The molecule has 0 saturated carbocycles. The standard InChI is InChI=1S/C14H17BrF2N2O2/c1-18(10-2-4-19(5-3-10)14(20)21)8-9-6-11(16)13(15)12(17)7-9/h6-7,10H,2-5,8H2,1H3,(H,20,21). The van der Waals surface area contributed by atoms with E-state index in [1.54, 1.807) is 0 Å². The SMILES string of the molecule is CN(Cc1cc(F)c(Br)c(F)c1)C1CCN(C(=O)O)CC1. The lowest BCUT2D eigenvalue weighted by molar-refractivity contribution is 0.103. The van der Waals surface area contributed by atoms with Gasteiger partial charge in [-0.2, -0.15) is 0 Å². The van der Waals surface area contributed by atoms with Crippen LogP contribution in [0.4, 0.5) is 13.6 Å². The molecule has 0 unspecified atom stereocenters. The first-order valence-electron chi connectivity index (χ1n) is 6.70. The van der Waals surface area contributed by atoms with Gasteiger partial charge in [0.1, 0.15) is 11.6 Å². The normalized spacial score (nSPS) is 16.5. The van der Waals surface area contributed by atoms with Crippen LogP contribution >= 0.6 is 15.9 Å². The minimum Gasteiger partial charge on any atom is -0.465 e. The highest BCUT2D eigenvalue weighted by molar-refractivity contribution is 9.10. The van der Waals surface area contributed by atoms with Gasteiger partial charge in [-0.15, -0.1) is 0 Å². The van der Waals surface area contributed by atoms with Gasteiger partial charge in [0.25, 0.3) is 0 Å². The van der Waals surface area contributed by atoms with Gasteiger partial charge >= 0.3 is 6.09 Å². The molecule has 1 N–H and O–H groups in total. The molecule has 4 nitrogen and oxygen atoms in total. The van der Waals surface area contributed by atoms with E-state index in [1.165, 1.54) is 17.0 Å². The highest BCUT2D eigenvalue weighted by Gasteiger charge is 2.25. The number of hydrogen-bond donors (Lipinski definition) is 1. The molecule has 7 heteroatoms. The van der Waals surface area contributed by atoms with Crippen molar-refractivity contribution in [3.05, 3.63) is 33.8 Å². The fraction of sp³-hybridized carbons (Fsp3) is 0.500. The molecule has 1 fully saturated rings. The molecule has 1 aliphatic heterocycles. The summed E-state index contributed by atoms with van der Waals surface area (Å²) in [5.74, 6) is -1.22. The van der Waals surface area contributed by atoms with E-state index in [0.717, 1.165) is 12.8 Å². The van der Waals surface area contributed by atoms with Crippen molar-refractivity contribution < 1.29 is 18.7 Å². The number of carbonyl (C=O) groups is 1. The Labute approximate surface area is 130 Å². The smallest absolute Gasteiger partial charge is 0.407 e. The van der Waals surface area contributed by atoms with Crippen LogP contribution in [0.2, 0.25) is 0 Å². The third-order valence-electron chi connectivity index (χ3n) is 3.83. The summed E-state index contributed by atoms with van der Waals surface area (Å²) in [7, 11) is 1.89. The van der Waals surface area contributed by atoms with Gasteiger partial charge < -0.3 is 10.0 Å². The number of rotatable bonds is 3. The third-order valence-corrected chi connectivity index (χ3v) is 4.59. The van der Waals surface area contributed by atoms with Crippen molar-refractivity contribution in [2.24, 2.45) is 0 Å². The Morgan fingerprint density at radius 3 is 2.38 bits per heavy atom. The maximum Gasteiger partial charge on any atom is 0.407 e. The Balaban J connectivity index is 1.96. The lowest BCUT2D eigenvalue weighted by atomic mass is 10.0. The van der Waals surface area contributed by atoms with E-state index in [0.29, 0.717) is 25.2 Å². The predicted octanol–water partition coefficient (Wildman–Crippen LogP) is 3.30. The number of carboxylic acid groups (broad SMARTS) is 1. The topological polar surface area (TPSA) is 43.8 Å². The summed E-state index contributed by atoms with van der Waals surface area (Å²) in [6, 6.07) is 2.85. The zero-order chi connectivity index (χ0) is 15.6. The molecule has 21 heavy (non-hydrogen) atoms. The van der Waals surface area contributed by atoms with E-state index in [4.69, 9.17) is 5.11 Å². The molecule has 0 bridgehead atoms. The number of hydrogen-bond acceptors (Lipinski definition) is 2. The molecular formula is C14H17BrF2N2O2. The van der Waals surface area contributed by atoms with E-state index < -0.39 is 17.7 Å². The minimum atomic E-state index is -0.895. The number of amides is 1. The highest BCUT2D eigenvalue weighted by atomic mass is 79.9. The summed E-state index contributed by atoms with van der Waals surface area (Å²) in [6.07, 6.45) is 0.558. The predicted molar refractivity (Wildman–Crippen MR) is 78.1 cm³/mol. The van der Waals surface area contributed by atoms with Crippen LogP contribution in [0.3, 0.4) is 0 Å². The Kier molecular flexibility index (Phi) is 5.16. The van der Waals surface area contributed by atoms with Crippen LogP contribution in [-0.4, -0.2) is 47.2 Å². The van der Waals surface area contributed by atoms with E-state index >= 15 is 0 Å². The van der Waals surface area contributed by atoms with Crippen LogP contribution in [0.1, 0.15) is 18.4 Å². The summed E-state index contributed by atoms with van der Waals surface area (Å²) in [4.78, 5) is 14.3. The first-order valence-corrected chi connectivity index (χ1v) is 7.49. The summed E-state index contributed by atoms with van der Waals surface area (Å²) in [6.45, 7) is 1.42. The number of nitrogens with zero attached hydrogens (tertiary/aromatic N) is 2. The number of benzene rings is 1. The van der Waals surface area contributed by atoms with Crippen molar-refractivity contribution in [3.8, 4) is 0 Å². The Hall–Kier alpha value is -1.21. The van der Waals surface area contributed by atoms with Crippen molar-refractivity contribution in [1.82, 2.24) is 9.80 Å². The quantitative estimate of drug-likeness (QED) is 0.839. The Morgan fingerprint density at radius 2 is 1.90 bits per heavy atom. The molecule has 0 spiro atoms. The molecule has 1 heterocycles. The molecule has 0 aromatic heterocycles. The summed E-state index contributed by atoms with van der Waals surface area (Å²) < 4.78 is 26.8. The Bertz CT molecular complexity index is 511. The third kappa shape index (κ3) is 3.91. The van der Waals surface area contributed by atoms with Gasteiger partial charge in [-0.3, -0.25) is 4.90 Å². The monoisotopic (exact) mass is 362 g/mol. The van der Waals surface area contributed by atoms with E-state index in [-0.39, 0.29) is 10.5 Å². The van der Waals surface area contributed by atoms with Crippen molar-refractivity contribution in [3.63, 3.8) is 0 Å². The van der Waals surface area contributed by atoms with Gasteiger partial charge in [-0.05, 0) is 53.5 Å². The van der Waals surface area contributed by atoms with Crippen LogP contribution in [-0.2, 0) is 6.54 Å². The van der Waals surface area contributed by atoms with Gasteiger partial charge in [0.05, 0.1) is 4.47 Å². The van der Waals surface area contributed by atoms with Crippen LogP contribution in [0.25, 0.3) is 0 Å². The highest BCUT2D eigenvalue weighted by Crippen LogP contribution is 2.23. The fourth-order valence-electron chi connectivity index (χ4n) is 2.61. The molecule has 116 valence electrons.